The Morgan fingerprint density at radius 1 is 0.545 bits per heavy atom. The minimum atomic E-state index is -1.88. The van der Waals surface area contributed by atoms with E-state index >= 15 is 0 Å². The standard InChI is InChI=1S/C40H31BN2Si/c1-44(2)37-24-13-12-21-32(37)39-40(44)33-22-14-23-35-38(33)41(39)34-26-25-31(27-36(34)43(35)30-19-10-5-11-20-30)42(28-15-6-3-7-16-28)29-17-8-4-9-18-29/h3-27H,1-2H3. The van der Waals surface area contributed by atoms with Crippen molar-refractivity contribution in [1.29, 1.82) is 0 Å². The summed E-state index contributed by atoms with van der Waals surface area (Å²) in [5.41, 5.74) is 14.5. The number of anilines is 6. The van der Waals surface area contributed by atoms with Crippen LogP contribution in [0.5, 0.6) is 0 Å². The Kier molecular flexibility index (Phi) is 5.48. The molecule has 6 aromatic carbocycles. The monoisotopic (exact) mass is 578 g/mol. The fourth-order valence-electron chi connectivity index (χ4n) is 8.07. The molecular formula is C40H31BN2Si. The Bertz CT molecular complexity index is 2070. The maximum Gasteiger partial charge on any atom is 0.248 e. The van der Waals surface area contributed by atoms with Crippen molar-refractivity contribution in [3.63, 3.8) is 0 Å². The molecule has 6 aromatic rings. The fourth-order valence-corrected chi connectivity index (χ4v) is 11.6. The molecule has 0 aliphatic carbocycles. The summed E-state index contributed by atoms with van der Waals surface area (Å²) in [5, 5.41) is 3.20. The quantitative estimate of drug-likeness (QED) is 0.194. The molecule has 0 atom stereocenters. The number of rotatable bonds is 4. The van der Waals surface area contributed by atoms with Crippen molar-refractivity contribution in [3.05, 3.63) is 163 Å². The molecule has 44 heavy (non-hydrogen) atoms. The highest BCUT2D eigenvalue weighted by molar-refractivity contribution is 7.18. The highest BCUT2D eigenvalue weighted by Gasteiger charge is 2.52. The van der Waals surface area contributed by atoms with Crippen LogP contribution in [0.25, 0.3) is 10.7 Å². The molecule has 0 saturated carbocycles. The molecule has 0 spiro atoms. The van der Waals surface area contributed by atoms with E-state index in [1.54, 1.807) is 15.9 Å². The minimum Gasteiger partial charge on any atom is -0.311 e. The van der Waals surface area contributed by atoms with E-state index in [4.69, 9.17) is 0 Å². The SMILES string of the molecule is C[Si]1(C)C2=C(B3c4ccc(N(c5ccccc5)c5ccccc5)cc4N(c4ccccc4)c4cccc2c43)c2ccccc21. The average molecular weight is 579 g/mol. The predicted octanol–water partition coefficient (Wildman–Crippen LogP) is 8.48. The third-order valence-corrected chi connectivity index (χ3v) is 13.4. The molecule has 3 aliphatic heterocycles. The van der Waals surface area contributed by atoms with E-state index in [1.165, 1.54) is 39.1 Å². The largest absolute Gasteiger partial charge is 0.311 e. The molecular weight excluding hydrogens is 547 g/mol. The van der Waals surface area contributed by atoms with E-state index in [1.807, 2.05) is 0 Å². The zero-order valence-electron chi connectivity index (χ0n) is 24.9. The summed E-state index contributed by atoms with van der Waals surface area (Å²) in [6.07, 6.45) is 0. The van der Waals surface area contributed by atoms with Crippen LogP contribution in [-0.4, -0.2) is 14.8 Å². The first kappa shape index (κ1) is 25.4. The molecule has 4 heteroatoms. The summed E-state index contributed by atoms with van der Waals surface area (Å²) in [4.78, 5) is 4.88. The number of hydrogen-bond acceptors (Lipinski definition) is 2. The molecule has 0 radical (unpaired) electrons. The van der Waals surface area contributed by atoms with Crippen molar-refractivity contribution in [2.75, 3.05) is 9.80 Å². The van der Waals surface area contributed by atoms with Gasteiger partial charge in [0, 0.05) is 34.1 Å². The van der Waals surface area contributed by atoms with E-state index in [2.05, 4.69) is 175 Å². The van der Waals surface area contributed by atoms with Gasteiger partial charge in [-0.1, -0.05) is 121 Å². The van der Waals surface area contributed by atoms with Crippen LogP contribution in [0.1, 0.15) is 11.1 Å². The third kappa shape index (κ3) is 3.49. The number of hydrogen-bond donors (Lipinski definition) is 0. The lowest BCUT2D eigenvalue weighted by atomic mass is 9.35. The van der Waals surface area contributed by atoms with Crippen molar-refractivity contribution >= 4 is 75.7 Å². The minimum absolute atomic E-state index is 0.220. The number of benzene rings is 6. The van der Waals surface area contributed by atoms with Gasteiger partial charge in [-0.25, -0.2) is 0 Å². The molecule has 3 heterocycles. The number of nitrogens with zero attached hydrogens (tertiary/aromatic N) is 2. The van der Waals surface area contributed by atoms with Crippen LogP contribution >= 0.6 is 0 Å². The second kappa shape index (κ2) is 9.47. The second-order valence-electron chi connectivity index (χ2n) is 12.6. The van der Waals surface area contributed by atoms with E-state index < -0.39 is 8.07 Å². The van der Waals surface area contributed by atoms with Crippen LogP contribution in [0.15, 0.2) is 152 Å². The Morgan fingerprint density at radius 2 is 1.16 bits per heavy atom. The smallest absolute Gasteiger partial charge is 0.248 e. The van der Waals surface area contributed by atoms with Gasteiger partial charge in [-0.15, -0.1) is 0 Å². The number of fused-ring (bicyclic) bond motifs is 6. The van der Waals surface area contributed by atoms with Gasteiger partial charge < -0.3 is 9.80 Å². The van der Waals surface area contributed by atoms with Crippen molar-refractivity contribution in [1.82, 2.24) is 0 Å². The van der Waals surface area contributed by atoms with Gasteiger partial charge in [-0.3, -0.25) is 0 Å². The summed E-state index contributed by atoms with van der Waals surface area (Å²) < 4.78 is 0. The van der Waals surface area contributed by atoms with Gasteiger partial charge in [-0.2, -0.15) is 0 Å². The Hall–Kier alpha value is -5.06. The van der Waals surface area contributed by atoms with Gasteiger partial charge in [0.2, 0.25) is 6.71 Å². The fraction of sp³-hybridized carbons (Fsp3) is 0.0500. The normalized spacial score (nSPS) is 15.0. The highest BCUT2D eigenvalue weighted by Crippen LogP contribution is 2.50. The molecule has 9 rings (SSSR count). The van der Waals surface area contributed by atoms with Gasteiger partial charge in [-0.05, 0) is 81.8 Å². The van der Waals surface area contributed by atoms with Gasteiger partial charge in [0.1, 0.15) is 8.07 Å². The lowest BCUT2D eigenvalue weighted by molar-refractivity contribution is 1.25. The molecule has 0 bridgehead atoms. The summed E-state index contributed by atoms with van der Waals surface area (Å²) in [6.45, 7) is 5.31. The lowest BCUT2D eigenvalue weighted by Gasteiger charge is -2.38. The first-order valence-electron chi connectivity index (χ1n) is 15.5. The van der Waals surface area contributed by atoms with Gasteiger partial charge in [0.05, 0.1) is 0 Å². The third-order valence-electron chi connectivity index (χ3n) is 9.82. The molecule has 2 nitrogen and oxygen atoms in total. The first-order valence-corrected chi connectivity index (χ1v) is 18.5. The Balaban J connectivity index is 1.33. The van der Waals surface area contributed by atoms with Crippen LogP contribution < -0.4 is 25.9 Å². The number of para-hydroxylation sites is 3. The zero-order chi connectivity index (χ0) is 29.4. The lowest BCUT2D eigenvalue weighted by Crippen LogP contribution is -2.51. The van der Waals surface area contributed by atoms with Crippen LogP contribution in [0.2, 0.25) is 13.1 Å². The van der Waals surface area contributed by atoms with Crippen LogP contribution in [0, 0.1) is 0 Å². The molecule has 0 N–H and O–H groups in total. The summed E-state index contributed by atoms with van der Waals surface area (Å²) >= 11 is 0. The average Bonchev–Trinajstić information content (AvgIpc) is 3.55. The van der Waals surface area contributed by atoms with E-state index in [0.29, 0.717) is 0 Å². The zero-order valence-corrected chi connectivity index (χ0v) is 25.9. The predicted molar refractivity (Wildman–Crippen MR) is 191 cm³/mol. The topological polar surface area (TPSA) is 6.48 Å². The molecule has 208 valence electrons. The maximum absolute atomic E-state index is 2.54. The van der Waals surface area contributed by atoms with Crippen molar-refractivity contribution in [2.45, 2.75) is 13.1 Å². The summed E-state index contributed by atoms with van der Waals surface area (Å²) in [6, 6.07) is 55.7. The van der Waals surface area contributed by atoms with E-state index in [9.17, 15) is 0 Å². The molecule has 0 aromatic heterocycles. The van der Waals surface area contributed by atoms with E-state index in [-0.39, 0.29) is 6.71 Å². The van der Waals surface area contributed by atoms with Crippen molar-refractivity contribution < 1.29 is 0 Å². The van der Waals surface area contributed by atoms with Crippen LogP contribution in [0.4, 0.5) is 34.1 Å². The second-order valence-corrected chi connectivity index (χ2v) is 16.8. The van der Waals surface area contributed by atoms with Crippen molar-refractivity contribution in [3.8, 4) is 0 Å². The Morgan fingerprint density at radius 3 is 1.86 bits per heavy atom. The summed E-state index contributed by atoms with van der Waals surface area (Å²) in [7, 11) is -1.88. The Labute approximate surface area is 260 Å². The van der Waals surface area contributed by atoms with E-state index in [0.717, 1.165) is 17.1 Å². The van der Waals surface area contributed by atoms with Gasteiger partial charge in [0.15, 0.2) is 0 Å². The van der Waals surface area contributed by atoms with Gasteiger partial charge in [0.25, 0.3) is 0 Å². The molecule has 0 saturated heterocycles. The molecule has 0 fully saturated rings. The van der Waals surface area contributed by atoms with Crippen molar-refractivity contribution in [2.24, 2.45) is 0 Å². The first-order chi connectivity index (χ1) is 21.6. The maximum atomic E-state index is 2.54. The van der Waals surface area contributed by atoms with Crippen LogP contribution in [-0.2, 0) is 0 Å². The van der Waals surface area contributed by atoms with Crippen LogP contribution in [0.3, 0.4) is 0 Å². The molecule has 3 aliphatic rings. The molecule has 0 amide bonds. The molecule has 0 unspecified atom stereocenters. The van der Waals surface area contributed by atoms with Gasteiger partial charge >= 0.3 is 0 Å². The summed E-state index contributed by atoms with van der Waals surface area (Å²) in [5.74, 6) is 0. The highest BCUT2D eigenvalue weighted by atomic mass is 28.3.